The number of amides is 1. The number of rotatable bonds is 7. The fourth-order valence-corrected chi connectivity index (χ4v) is 3.83. The molecule has 7 heteroatoms. The molecule has 2 aromatic heterocycles. The average molecular weight is 445 g/mol. The number of nitrogens with one attached hydrogen (secondary N) is 1. The molecule has 0 bridgehead atoms. The number of nitrogens with zero attached hydrogens (tertiary/aromatic N) is 3. The molecule has 0 spiro atoms. The van der Waals surface area contributed by atoms with Crippen molar-refractivity contribution in [2.75, 3.05) is 6.54 Å². The summed E-state index contributed by atoms with van der Waals surface area (Å²) in [6.45, 7) is 5.40. The zero-order chi connectivity index (χ0) is 19.2. The van der Waals surface area contributed by atoms with Crippen molar-refractivity contribution in [3.63, 3.8) is 0 Å². The van der Waals surface area contributed by atoms with Gasteiger partial charge in [0.05, 0.1) is 11.3 Å². The predicted molar refractivity (Wildman–Crippen MR) is 111 cm³/mol. The lowest BCUT2D eigenvalue weighted by Gasteiger charge is -2.10. The van der Waals surface area contributed by atoms with Crippen molar-refractivity contribution < 1.29 is 4.79 Å². The molecule has 0 saturated heterocycles. The Bertz CT molecular complexity index is 924. The second-order valence-corrected chi connectivity index (χ2v) is 8.15. The van der Waals surface area contributed by atoms with Gasteiger partial charge in [-0.3, -0.25) is 9.48 Å². The van der Waals surface area contributed by atoms with E-state index in [1.807, 2.05) is 48.9 Å². The van der Waals surface area contributed by atoms with Gasteiger partial charge in [-0.1, -0.05) is 27.7 Å². The summed E-state index contributed by atoms with van der Waals surface area (Å²) in [4.78, 5) is 18.0. The number of hydrogen-bond acceptors (Lipinski definition) is 4. The molecule has 0 radical (unpaired) electrons. The number of aromatic nitrogens is 3. The van der Waals surface area contributed by atoms with E-state index in [0.29, 0.717) is 17.1 Å². The number of carbonyl (C=O) groups excluding carboxylic acids is 1. The van der Waals surface area contributed by atoms with E-state index in [4.69, 9.17) is 0 Å². The van der Waals surface area contributed by atoms with Gasteiger partial charge in [0.15, 0.2) is 0 Å². The van der Waals surface area contributed by atoms with Crippen molar-refractivity contribution >= 4 is 33.6 Å². The molecule has 5 nitrogen and oxygen atoms in total. The van der Waals surface area contributed by atoms with Crippen LogP contribution in [0.3, 0.4) is 0 Å². The first-order valence-electron chi connectivity index (χ1n) is 8.70. The van der Waals surface area contributed by atoms with Crippen molar-refractivity contribution in [1.29, 1.82) is 0 Å². The van der Waals surface area contributed by atoms with Crippen LogP contribution in [0, 0.1) is 13.8 Å². The molecule has 1 N–H and O–H groups in total. The van der Waals surface area contributed by atoms with Crippen molar-refractivity contribution in [3.05, 3.63) is 70.1 Å². The van der Waals surface area contributed by atoms with E-state index in [0.717, 1.165) is 33.7 Å². The number of carbonyl (C=O) groups is 1. The van der Waals surface area contributed by atoms with E-state index in [1.54, 1.807) is 12.3 Å². The van der Waals surface area contributed by atoms with Gasteiger partial charge in [0, 0.05) is 34.3 Å². The molecule has 1 aromatic carbocycles. The first-order chi connectivity index (χ1) is 13.0. The average Bonchev–Trinajstić information content (AvgIpc) is 2.98. The lowest BCUT2D eigenvalue weighted by atomic mass is 10.2. The Hall–Kier alpha value is -2.12. The zero-order valence-electron chi connectivity index (χ0n) is 15.3. The summed E-state index contributed by atoms with van der Waals surface area (Å²) in [5.74, 6) is -0.101. The van der Waals surface area contributed by atoms with Crippen molar-refractivity contribution in [2.45, 2.75) is 36.7 Å². The standard InChI is InChI=1S/C20H21BrN4OS/c1-14-13-15(2)25(24-14)12-4-11-22-19(26)18-5-3-10-23-20(18)27-17-8-6-16(21)7-9-17/h3,5-10,13H,4,11-12H2,1-2H3,(H,22,26). The molecule has 140 valence electrons. The van der Waals surface area contributed by atoms with Gasteiger partial charge in [0.2, 0.25) is 0 Å². The Labute approximate surface area is 171 Å². The lowest BCUT2D eigenvalue weighted by Crippen LogP contribution is -2.26. The van der Waals surface area contributed by atoms with Crippen LogP contribution in [0.4, 0.5) is 0 Å². The van der Waals surface area contributed by atoms with Gasteiger partial charge in [-0.05, 0) is 62.7 Å². The summed E-state index contributed by atoms with van der Waals surface area (Å²) in [7, 11) is 0. The van der Waals surface area contributed by atoms with Gasteiger partial charge < -0.3 is 5.32 Å². The van der Waals surface area contributed by atoms with Crippen LogP contribution in [0.5, 0.6) is 0 Å². The number of halogens is 1. The smallest absolute Gasteiger partial charge is 0.254 e. The monoisotopic (exact) mass is 444 g/mol. The van der Waals surface area contributed by atoms with Gasteiger partial charge >= 0.3 is 0 Å². The molecule has 0 saturated carbocycles. The Kier molecular flexibility index (Phi) is 6.68. The molecule has 3 aromatic rings. The van der Waals surface area contributed by atoms with Gasteiger partial charge in [-0.15, -0.1) is 0 Å². The maximum absolute atomic E-state index is 12.6. The van der Waals surface area contributed by atoms with E-state index in [2.05, 4.69) is 37.4 Å². The van der Waals surface area contributed by atoms with Gasteiger partial charge in [-0.2, -0.15) is 5.10 Å². The van der Waals surface area contributed by atoms with Gasteiger partial charge in [0.1, 0.15) is 5.03 Å². The molecular weight excluding hydrogens is 424 g/mol. The summed E-state index contributed by atoms with van der Waals surface area (Å²) in [6, 6.07) is 13.6. The van der Waals surface area contributed by atoms with Crippen LogP contribution in [0.2, 0.25) is 0 Å². The molecule has 0 aliphatic carbocycles. The maximum atomic E-state index is 12.6. The third kappa shape index (κ3) is 5.43. The van der Waals surface area contributed by atoms with Crippen LogP contribution in [0.25, 0.3) is 0 Å². The third-order valence-electron chi connectivity index (χ3n) is 3.98. The molecule has 1 amide bonds. The second kappa shape index (κ2) is 9.19. The van der Waals surface area contributed by atoms with Gasteiger partial charge in [0.25, 0.3) is 5.91 Å². The molecule has 2 heterocycles. The largest absolute Gasteiger partial charge is 0.352 e. The molecule has 0 unspecified atom stereocenters. The van der Waals surface area contributed by atoms with E-state index in [9.17, 15) is 4.79 Å². The first kappa shape index (κ1) is 19.6. The van der Waals surface area contributed by atoms with Gasteiger partial charge in [-0.25, -0.2) is 4.98 Å². The maximum Gasteiger partial charge on any atom is 0.254 e. The van der Waals surface area contributed by atoms with Crippen LogP contribution in [0.15, 0.2) is 63.1 Å². The summed E-state index contributed by atoms with van der Waals surface area (Å²) >= 11 is 4.92. The van der Waals surface area contributed by atoms with E-state index >= 15 is 0 Å². The summed E-state index contributed by atoms with van der Waals surface area (Å²) in [5, 5.41) is 8.13. The third-order valence-corrected chi connectivity index (χ3v) is 5.53. The van der Waals surface area contributed by atoms with E-state index < -0.39 is 0 Å². The van der Waals surface area contributed by atoms with Crippen LogP contribution in [-0.4, -0.2) is 27.2 Å². The number of pyridine rings is 1. The molecule has 0 aliphatic rings. The molecule has 0 fully saturated rings. The van der Waals surface area contributed by atoms with Crippen molar-refractivity contribution in [1.82, 2.24) is 20.1 Å². The number of hydrogen-bond donors (Lipinski definition) is 1. The fraction of sp³-hybridized carbons (Fsp3) is 0.250. The topological polar surface area (TPSA) is 59.8 Å². The van der Waals surface area contributed by atoms with Crippen LogP contribution in [0.1, 0.15) is 28.2 Å². The summed E-state index contributed by atoms with van der Waals surface area (Å²) in [5.41, 5.74) is 2.75. The van der Waals surface area contributed by atoms with E-state index in [1.165, 1.54) is 11.8 Å². The Morgan fingerprint density at radius 1 is 1.22 bits per heavy atom. The number of benzene rings is 1. The van der Waals surface area contributed by atoms with Crippen LogP contribution in [-0.2, 0) is 6.54 Å². The predicted octanol–water partition coefficient (Wildman–Crippen LogP) is 4.63. The normalized spacial score (nSPS) is 10.8. The first-order valence-corrected chi connectivity index (χ1v) is 10.3. The van der Waals surface area contributed by atoms with Crippen molar-refractivity contribution in [2.24, 2.45) is 0 Å². The Balaban J connectivity index is 1.58. The molecule has 3 rings (SSSR count). The van der Waals surface area contributed by atoms with Crippen molar-refractivity contribution in [3.8, 4) is 0 Å². The second-order valence-electron chi connectivity index (χ2n) is 6.17. The minimum Gasteiger partial charge on any atom is -0.352 e. The zero-order valence-corrected chi connectivity index (χ0v) is 17.7. The highest BCUT2D eigenvalue weighted by Gasteiger charge is 2.13. The highest BCUT2D eigenvalue weighted by atomic mass is 79.9. The summed E-state index contributed by atoms with van der Waals surface area (Å²) < 4.78 is 2.99. The highest BCUT2D eigenvalue weighted by molar-refractivity contribution is 9.10. The minimum absolute atomic E-state index is 0.101. The highest BCUT2D eigenvalue weighted by Crippen LogP contribution is 2.29. The SMILES string of the molecule is Cc1cc(C)n(CCCNC(=O)c2cccnc2Sc2ccc(Br)cc2)n1. The molecule has 27 heavy (non-hydrogen) atoms. The number of aryl methyl sites for hydroxylation is 3. The summed E-state index contributed by atoms with van der Waals surface area (Å²) in [6.07, 6.45) is 2.53. The minimum atomic E-state index is -0.101. The Morgan fingerprint density at radius 2 is 2.00 bits per heavy atom. The fourth-order valence-electron chi connectivity index (χ4n) is 2.69. The van der Waals surface area contributed by atoms with Crippen LogP contribution < -0.4 is 5.32 Å². The quantitative estimate of drug-likeness (QED) is 0.539. The Morgan fingerprint density at radius 3 is 2.70 bits per heavy atom. The molecule has 0 aliphatic heterocycles. The lowest BCUT2D eigenvalue weighted by molar-refractivity contribution is 0.0949. The van der Waals surface area contributed by atoms with E-state index in [-0.39, 0.29) is 5.91 Å². The molecular formula is C20H21BrN4OS. The molecule has 0 atom stereocenters. The van der Waals surface area contributed by atoms with Crippen LogP contribution >= 0.6 is 27.7 Å².